The Bertz CT molecular complexity index is 864. The molecule has 31 heavy (non-hydrogen) atoms. The first-order valence-corrected chi connectivity index (χ1v) is 10.9. The minimum Gasteiger partial charge on any atom is -0.748 e. The van der Waals surface area contributed by atoms with E-state index in [2.05, 4.69) is 6.58 Å². The first kappa shape index (κ1) is 38.2. The van der Waals surface area contributed by atoms with Crippen LogP contribution >= 0.6 is 0 Å². The summed E-state index contributed by atoms with van der Waals surface area (Å²) in [7, 11) is -8.30. The van der Waals surface area contributed by atoms with Crippen LogP contribution in [0.1, 0.15) is 18.6 Å². The van der Waals surface area contributed by atoms with Gasteiger partial charge in [0.2, 0.25) is 0 Å². The summed E-state index contributed by atoms with van der Waals surface area (Å²) < 4.78 is 63.6. The third-order valence-electron chi connectivity index (χ3n) is 2.82. The van der Waals surface area contributed by atoms with Gasteiger partial charge in [0.1, 0.15) is 10.1 Å². The van der Waals surface area contributed by atoms with E-state index in [9.17, 15) is 25.9 Å². The summed E-state index contributed by atoms with van der Waals surface area (Å²) in [4.78, 5) is 0. The van der Waals surface area contributed by atoms with Crippen LogP contribution in [-0.2, 0) is 38.2 Å². The van der Waals surface area contributed by atoms with Crippen LogP contribution in [0, 0.1) is 0 Å². The number of aliphatic hydroxyl groups excluding tert-OH is 1. The third-order valence-corrected chi connectivity index (χ3v) is 3.89. The second-order valence-electron chi connectivity index (χ2n) is 5.10. The zero-order valence-electron chi connectivity index (χ0n) is 17.0. The van der Waals surface area contributed by atoms with Crippen LogP contribution in [0.25, 0.3) is 0 Å². The zero-order chi connectivity index (χ0) is 21.5. The molecule has 2 aromatic carbocycles. The van der Waals surface area contributed by atoms with E-state index in [-0.39, 0.29) is 79.8 Å². The Morgan fingerprint density at radius 3 is 1.55 bits per heavy atom. The van der Waals surface area contributed by atoms with E-state index in [1.165, 1.54) is 0 Å². The van der Waals surface area contributed by atoms with Gasteiger partial charge in [-0.25, -0.2) is 16.8 Å². The van der Waals surface area contributed by atoms with Crippen LogP contribution in [0.4, 0.5) is 0 Å². The molecule has 0 saturated heterocycles. The quantitative estimate of drug-likeness (QED) is 0.236. The van der Waals surface area contributed by atoms with Gasteiger partial charge in [0.15, 0.2) is 0 Å². The maximum atomic E-state index is 10.2. The number of hydrogen-bond donors (Lipinski definition) is 1. The van der Waals surface area contributed by atoms with E-state index in [0.717, 1.165) is 11.1 Å². The zero-order valence-corrected chi connectivity index (χ0v) is 22.6. The summed E-state index contributed by atoms with van der Waals surface area (Å²) >= 11 is 0. The first-order chi connectivity index (χ1) is 13.1. The minimum absolute atomic E-state index is 0. The van der Waals surface area contributed by atoms with Crippen molar-refractivity contribution in [3.63, 3.8) is 0 Å². The van der Waals surface area contributed by atoms with Gasteiger partial charge in [0.25, 0.3) is 0 Å². The summed E-state index contributed by atoms with van der Waals surface area (Å²) in [5.41, 5.74) is 1.92. The average molecular weight is 493 g/mol. The van der Waals surface area contributed by atoms with Crippen LogP contribution in [-0.4, -0.2) is 43.4 Å². The summed E-state index contributed by atoms with van der Waals surface area (Å²) in [6.45, 7) is 3.15. The number of ether oxygens (including phenoxy) is 1. The molecule has 0 aliphatic heterocycles. The smallest absolute Gasteiger partial charge is 0.748 e. The van der Waals surface area contributed by atoms with Crippen molar-refractivity contribution in [2.75, 3.05) is 12.4 Å². The van der Waals surface area contributed by atoms with Crippen molar-refractivity contribution in [1.29, 1.82) is 0 Å². The van der Waals surface area contributed by atoms with Gasteiger partial charge in [-0.1, -0.05) is 74.7 Å². The second kappa shape index (κ2) is 21.7. The predicted octanol–water partition coefficient (Wildman–Crippen LogP) is -3.75. The summed E-state index contributed by atoms with van der Waals surface area (Å²) in [5, 5.41) is 8.89. The van der Waals surface area contributed by atoms with E-state index in [1.807, 2.05) is 60.7 Å². The van der Waals surface area contributed by atoms with Crippen molar-refractivity contribution in [1.82, 2.24) is 0 Å². The van der Waals surface area contributed by atoms with Crippen LogP contribution in [0.3, 0.4) is 0 Å². The number of hydrogen-bond acceptors (Lipinski definition) is 8. The molecular weight excluding hydrogens is 466 g/mol. The molecule has 0 aliphatic rings. The van der Waals surface area contributed by atoms with Gasteiger partial charge in [-0.15, -0.1) is 0 Å². The molecule has 0 radical (unpaired) electrons. The Labute approximate surface area is 229 Å². The Balaban J connectivity index is -0.000000185. The van der Waals surface area contributed by atoms with Crippen LogP contribution < -0.4 is 59.1 Å². The summed E-state index contributed by atoms with van der Waals surface area (Å²) in [6.07, 6.45) is 0. The van der Waals surface area contributed by atoms with Crippen molar-refractivity contribution in [2.45, 2.75) is 20.6 Å². The molecule has 2 rings (SSSR count). The third kappa shape index (κ3) is 27.9. The molecule has 0 bridgehead atoms. The van der Waals surface area contributed by atoms with Crippen LogP contribution in [0.15, 0.2) is 72.7 Å². The molecular formula is C19H26Na2O8S2. The van der Waals surface area contributed by atoms with E-state index in [4.69, 9.17) is 9.84 Å². The van der Waals surface area contributed by atoms with Gasteiger partial charge in [-0.2, -0.15) is 0 Å². The topological polar surface area (TPSA) is 144 Å². The van der Waals surface area contributed by atoms with Gasteiger partial charge in [-0.3, -0.25) is 0 Å². The van der Waals surface area contributed by atoms with Crippen molar-refractivity contribution < 1.29 is 94.9 Å². The van der Waals surface area contributed by atoms with E-state index in [1.54, 1.807) is 0 Å². The maximum Gasteiger partial charge on any atom is 1.00 e. The molecule has 0 aliphatic carbocycles. The van der Waals surface area contributed by atoms with Crippen LogP contribution in [0.2, 0.25) is 0 Å². The molecule has 0 atom stereocenters. The molecule has 12 heteroatoms. The molecule has 0 saturated carbocycles. The minimum atomic E-state index is -4.15. The van der Waals surface area contributed by atoms with Crippen molar-refractivity contribution in [3.05, 3.63) is 83.8 Å². The number of rotatable bonds is 7. The molecule has 2 aromatic rings. The monoisotopic (exact) mass is 492 g/mol. The SMILES string of the molecule is C.C=CS(=O)(=O)[O-].O=S(=O)([O-])CCOCc1ccccc1.OCc1ccccc1.[Na+].[Na+]. The summed E-state index contributed by atoms with van der Waals surface area (Å²) in [6, 6.07) is 18.9. The number of benzene rings is 2. The van der Waals surface area contributed by atoms with Crippen molar-refractivity contribution in [2.24, 2.45) is 0 Å². The Hall–Kier alpha value is -0.0800. The molecule has 0 spiro atoms. The Kier molecular flexibility index (Phi) is 26.8. The van der Waals surface area contributed by atoms with Gasteiger partial charge in [0.05, 0.1) is 35.7 Å². The van der Waals surface area contributed by atoms with Crippen LogP contribution in [0.5, 0.6) is 0 Å². The van der Waals surface area contributed by atoms with Crippen molar-refractivity contribution >= 4 is 20.2 Å². The fourth-order valence-electron chi connectivity index (χ4n) is 1.51. The Morgan fingerprint density at radius 2 is 1.26 bits per heavy atom. The largest absolute Gasteiger partial charge is 1.00 e. The standard InChI is InChI=1S/C9H12O4S.C7H8O.C2H4O3S.CH4.2Na/c10-14(11,12)7-6-13-8-9-4-2-1-3-5-9;8-6-7-4-2-1-3-5-7;1-2-6(3,4)5;;;/h1-5H,6-8H2,(H,10,11,12);1-5,8H,6H2;2H,1H2,(H,3,4,5);1H4;;/q;;;;2*+1/p-2. The molecule has 0 aromatic heterocycles. The molecule has 0 amide bonds. The molecule has 8 nitrogen and oxygen atoms in total. The van der Waals surface area contributed by atoms with Gasteiger partial charge < -0.3 is 18.9 Å². The fraction of sp³-hybridized carbons (Fsp3) is 0.263. The van der Waals surface area contributed by atoms with E-state index < -0.39 is 26.0 Å². The van der Waals surface area contributed by atoms with Gasteiger partial charge in [-0.05, 0) is 11.1 Å². The molecule has 0 fully saturated rings. The molecule has 0 heterocycles. The Morgan fingerprint density at radius 1 is 0.871 bits per heavy atom. The summed E-state index contributed by atoms with van der Waals surface area (Å²) in [5.74, 6) is -0.472. The van der Waals surface area contributed by atoms with Gasteiger partial charge >= 0.3 is 59.1 Å². The average Bonchev–Trinajstić information content (AvgIpc) is 2.66. The first-order valence-electron chi connectivity index (χ1n) is 7.85. The number of aliphatic hydroxyl groups is 1. The van der Waals surface area contributed by atoms with Gasteiger partial charge in [0, 0.05) is 5.41 Å². The van der Waals surface area contributed by atoms with Crippen molar-refractivity contribution in [3.8, 4) is 0 Å². The second-order valence-corrected chi connectivity index (χ2v) is 7.95. The van der Waals surface area contributed by atoms with E-state index in [0.29, 0.717) is 12.0 Å². The predicted molar refractivity (Wildman–Crippen MR) is 110 cm³/mol. The van der Waals surface area contributed by atoms with E-state index >= 15 is 0 Å². The fourth-order valence-corrected chi connectivity index (χ4v) is 1.83. The molecule has 164 valence electrons. The maximum absolute atomic E-state index is 10.2. The molecule has 0 unspecified atom stereocenters. The normalized spacial score (nSPS) is 9.65. The molecule has 1 N–H and O–H groups in total.